The van der Waals surface area contributed by atoms with Crippen molar-refractivity contribution < 1.29 is 9.66 Å². The zero-order chi connectivity index (χ0) is 16.8. The molecule has 122 valence electrons. The van der Waals surface area contributed by atoms with Crippen LogP contribution in [-0.2, 0) is 6.54 Å². The standard InChI is InChI=1S/C17H21N3O3/c1-12(14-6-4-5-7-17(14)23-3)19-11-13-8-9-15(18-2)16(10-13)20(21)22/h4-10,12,18-19H,11H2,1-3H3. The lowest BCUT2D eigenvalue weighted by Crippen LogP contribution is -2.18. The second kappa shape index (κ2) is 7.60. The van der Waals surface area contributed by atoms with Gasteiger partial charge in [-0.15, -0.1) is 0 Å². The molecule has 0 saturated carbocycles. The van der Waals surface area contributed by atoms with E-state index in [9.17, 15) is 10.1 Å². The van der Waals surface area contributed by atoms with Gasteiger partial charge in [0.15, 0.2) is 0 Å². The maximum Gasteiger partial charge on any atom is 0.292 e. The van der Waals surface area contributed by atoms with Crippen LogP contribution in [0.4, 0.5) is 11.4 Å². The quantitative estimate of drug-likeness (QED) is 0.604. The molecule has 2 rings (SSSR count). The average molecular weight is 315 g/mol. The van der Waals surface area contributed by atoms with Crippen molar-refractivity contribution >= 4 is 11.4 Å². The summed E-state index contributed by atoms with van der Waals surface area (Å²) in [5.74, 6) is 0.823. The second-order valence-corrected chi connectivity index (χ2v) is 5.20. The van der Waals surface area contributed by atoms with Crippen molar-refractivity contribution in [3.05, 3.63) is 63.7 Å². The van der Waals surface area contributed by atoms with Crippen molar-refractivity contribution in [1.29, 1.82) is 0 Å². The minimum Gasteiger partial charge on any atom is -0.496 e. The van der Waals surface area contributed by atoms with E-state index >= 15 is 0 Å². The van der Waals surface area contributed by atoms with Gasteiger partial charge in [0, 0.05) is 31.3 Å². The van der Waals surface area contributed by atoms with Crippen molar-refractivity contribution in [3.63, 3.8) is 0 Å². The number of rotatable bonds is 7. The lowest BCUT2D eigenvalue weighted by molar-refractivity contribution is -0.384. The normalized spacial score (nSPS) is 11.8. The Morgan fingerprint density at radius 3 is 2.65 bits per heavy atom. The molecule has 6 nitrogen and oxygen atoms in total. The van der Waals surface area contributed by atoms with Gasteiger partial charge in [0.05, 0.1) is 12.0 Å². The van der Waals surface area contributed by atoms with Crippen LogP contribution in [0.15, 0.2) is 42.5 Å². The summed E-state index contributed by atoms with van der Waals surface area (Å²) in [5.41, 5.74) is 2.50. The van der Waals surface area contributed by atoms with Crippen molar-refractivity contribution in [2.75, 3.05) is 19.5 Å². The first-order chi connectivity index (χ1) is 11.1. The predicted octanol–water partition coefficient (Wildman–Crippen LogP) is 3.50. The highest BCUT2D eigenvalue weighted by Crippen LogP contribution is 2.27. The lowest BCUT2D eigenvalue weighted by Gasteiger charge is -2.17. The predicted molar refractivity (Wildman–Crippen MR) is 90.9 cm³/mol. The molecule has 2 N–H and O–H groups in total. The average Bonchev–Trinajstić information content (AvgIpc) is 2.59. The summed E-state index contributed by atoms with van der Waals surface area (Å²) < 4.78 is 5.36. The summed E-state index contributed by atoms with van der Waals surface area (Å²) in [7, 11) is 3.31. The zero-order valence-corrected chi connectivity index (χ0v) is 13.5. The Hall–Kier alpha value is -2.60. The van der Waals surface area contributed by atoms with Gasteiger partial charge in [-0.25, -0.2) is 0 Å². The topological polar surface area (TPSA) is 76.4 Å². The van der Waals surface area contributed by atoms with Crippen LogP contribution < -0.4 is 15.4 Å². The molecular weight excluding hydrogens is 294 g/mol. The minimum atomic E-state index is -0.376. The number of anilines is 1. The molecule has 0 saturated heterocycles. The van der Waals surface area contributed by atoms with Crippen molar-refractivity contribution in [2.24, 2.45) is 0 Å². The number of ether oxygens (including phenoxy) is 1. The maximum absolute atomic E-state index is 11.1. The number of benzene rings is 2. The smallest absolute Gasteiger partial charge is 0.292 e. The van der Waals surface area contributed by atoms with E-state index in [0.29, 0.717) is 12.2 Å². The van der Waals surface area contributed by atoms with Crippen LogP contribution in [0.25, 0.3) is 0 Å². The first-order valence-electron chi connectivity index (χ1n) is 7.38. The summed E-state index contributed by atoms with van der Waals surface area (Å²) >= 11 is 0. The highest BCUT2D eigenvalue weighted by atomic mass is 16.6. The molecule has 1 atom stereocenters. The van der Waals surface area contributed by atoms with E-state index in [2.05, 4.69) is 10.6 Å². The van der Waals surface area contributed by atoms with Crippen molar-refractivity contribution in [2.45, 2.75) is 19.5 Å². The molecule has 23 heavy (non-hydrogen) atoms. The maximum atomic E-state index is 11.1. The van der Waals surface area contributed by atoms with E-state index < -0.39 is 0 Å². The summed E-state index contributed by atoms with van der Waals surface area (Å²) in [6, 6.07) is 13.1. The van der Waals surface area contributed by atoms with E-state index in [4.69, 9.17) is 4.74 Å². The molecule has 0 radical (unpaired) electrons. The molecule has 2 aromatic rings. The van der Waals surface area contributed by atoms with Crippen LogP contribution in [0.1, 0.15) is 24.1 Å². The van der Waals surface area contributed by atoms with Gasteiger partial charge in [-0.05, 0) is 24.6 Å². The highest BCUT2D eigenvalue weighted by Gasteiger charge is 2.14. The molecule has 0 aliphatic heterocycles. The SMILES string of the molecule is CNc1ccc(CNC(C)c2ccccc2OC)cc1[N+](=O)[O-]. The highest BCUT2D eigenvalue weighted by molar-refractivity contribution is 5.62. The zero-order valence-electron chi connectivity index (χ0n) is 13.5. The van der Waals surface area contributed by atoms with Crippen LogP contribution in [0.3, 0.4) is 0 Å². The lowest BCUT2D eigenvalue weighted by atomic mass is 10.1. The third kappa shape index (κ3) is 3.98. The Bertz CT molecular complexity index is 689. The van der Waals surface area contributed by atoms with Gasteiger partial charge in [0.2, 0.25) is 0 Å². The number of para-hydroxylation sites is 1. The third-order valence-electron chi connectivity index (χ3n) is 3.75. The molecule has 0 heterocycles. The van der Waals surface area contributed by atoms with E-state index in [1.807, 2.05) is 37.3 Å². The van der Waals surface area contributed by atoms with E-state index in [0.717, 1.165) is 16.9 Å². The van der Waals surface area contributed by atoms with Gasteiger partial charge in [-0.1, -0.05) is 24.3 Å². The van der Waals surface area contributed by atoms with Crippen molar-refractivity contribution in [1.82, 2.24) is 5.32 Å². The molecule has 0 bridgehead atoms. The Labute approximate surface area is 135 Å². The molecule has 0 aliphatic rings. The number of hydrogen-bond acceptors (Lipinski definition) is 5. The first kappa shape index (κ1) is 16.8. The summed E-state index contributed by atoms with van der Waals surface area (Å²) in [4.78, 5) is 10.7. The number of nitro groups is 1. The molecule has 0 aromatic heterocycles. The second-order valence-electron chi connectivity index (χ2n) is 5.20. The molecule has 0 amide bonds. The molecule has 6 heteroatoms. The van der Waals surface area contributed by atoms with E-state index in [-0.39, 0.29) is 16.7 Å². The summed E-state index contributed by atoms with van der Waals surface area (Å²) in [6.07, 6.45) is 0. The molecule has 1 unspecified atom stereocenters. The minimum absolute atomic E-state index is 0.0641. The van der Waals surface area contributed by atoms with Gasteiger partial charge in [-0.2, -0.15) is 0 Å². The fraction of sp³-hybridized carbons (Fsp3) is 0.294. The first-order valence-corrected chi connectivity index (χ1v) is 7.38. The van der Waals surface area contributed by atoms with Crippen molar-refractivity contribution in [3.8, 4) is 5.75 Å². The fourth-order valence-electron chi connectivity index (χ4n) is 2.45. The Kier molecular flexibility index (Phi) is 5.54. The van der Waals surface area contributed by atoms with Crippen LogP contribution in [-0.4, -0.2) is 19.1 Å². The Morgan fingerprint density at radius 2 is 2.00 bits per heavy atom. The molecule has 0 spiro atoms. The van der Waals surface area contributed by atoms with Crippen LogP contribution in [0.5, 0.6) is 5.75 Å². The van der Waals surface area contributed by atoms with Gasteiger partial charge in [0.1, 0.15) is 11.4 Å². The van der Waals surface area contributed by atoms with E-state index in [1.54, 1.807) is 26.3 Å². The monoisotopic (exact) mass is 315 g/mol. The Morgan fingerprint density at radius 1 is 1.26 bits per heavy atom. The number of nitrogens with zero attached hydrogens (tertiary/aromatic N) is 1. The van der Waals surface area contributed by atoms with Gasteiger partial charge in [0.25, 0.3) is 5.69 Å². The van der Waals surface area contributed by atoms with Crippen LogP contribution in [0.2, 0.25) is 0 Å². The summed E-state index contributed by atoms with van der Waals surface area (Å²) in [5, 5.41) is 17.3. The Balaban J connectivity index is 2.11. The molecule has 2 aromatic carbocycles. The number of hydrogen-bond donors (Lipinski definition) is 2. The molecule has 0 fully saturated rings. The molecule has 0 aliphatic carbocycles. The van der Waals surface area contributed by atoms with Gasteiger partial charge in [-0.3, -0.25) is 10.1 Å². The third-order valence-corrected chi connectivity index (χ3v) is 3.75. The van der Waals surface area contributed by atoms with Crippen LogP contribution in [0, 0.1) is 10.1 Å². The largest absolute Gasteiger partial charge is 0.496 e. The number of nitrogens with one attached hydrogen (secondary N) is 2. The van der Waals surface area contributed by atoms with E-state index in [1.165, 1.54) is 0 Å². The summed E-state index contributed by atoms with van der Waals surface area (Å²) in [6.45, 7) is 2.57. The van der Waals surface area contributed by atoms with Gasteiger partial charge < -0.3 is 15.4 Å². The number of nitro benzene ring substituents is 1. The van der Waals surface area contributed by atoms with Crippen LogP contribution >= 0.6 is 0 Å². The molecular formula is C17H21N3O3. The van der Waals surface area contributed by atoms with Gasteiger partial charge >= 0.3 is 0 Å². The number of methoxy groups -OCH3 is 1. The fourth-order valence-corrected chi connectivity index (χ4v) is 2.45.